The van der Waals surface area contributed by atoms with Crippen molar-refractivity contribution in [1.29, 1.82) is 0 Å². The lowest BCUT2D eigenvalue weighted by atomic mass is 10.3. The van der Waals surface area contributed by atoms with Gasteiger partial charge in [0.15, 0.2) is 0 Å². The van der Waals surface area contributed by atoms with Crippen molar-refractivity contribution in [3.63, 3.8) is 0 Å². The Morgan fingerprint density at radius 3 is 2.57 bits per heavy atom. The lowest BCUT2D eigenvalue weighted by Gasteiger charge is -2.13. The first-order valence-corrected chi connectivity index (χ1v) is 7.98. The van der Waals surface area contributed by atoms with Gasteiger partial charge in [0.05, 0.1) is 21.5 Å². The standard InChI is InChI=1S/C13H13Cl2F3N2S/c1-20-4-2-3-12(20)19-10-6-11(9(15)5-8(10)14)21-7-13(16,17)18/h5-6H,2-4,7H2,1H3. The first-order chi connectivity index (χ1) is 9.76. The van der Waals surface area contributed by atoms with Crippen molar-refractivity contribution in [2.24, 2.45) is 4.99 Å². The number of aliphatic imine (C=N–C) groups is 1. The van der Waals surface area contributed by atoms with Crippen LogP contribution in [-0.2, 0) is 0 Å². The molecule has 0 bridgehead atoms. The van der Waals surface area contributed by atoms with Crippen LogP contribution < -0.4 is 0 Å². The smallest absolute Gasteiger partial charge is 0.363 e. The number of hydrogen-bond donors (Lipinski definition) is 0. The Labute approximate surface area is 135 Å². The zero-order valence-electron chi connectivity index (χ0n) is 11.2. The van der Waals surface area contributed by atoms with Gasteiger partial charge in [-0.1, -0.05) is 23.2 Å². The van der Waals surface area contributed by atoms with Crippen molar-refractivity contribution in [3.05, 3.63) is 22.2 Å². The molecule has 1 aliphatic heterocycles. The minimum Gasteiger partial charge on any atom is -0.363 e. The molecule has 1 aromatic rings. The number of benzene rings is 1. The Morgan fingerprint density at radius 1 is 1.29 bits per heavy atom. The molecular formula is C13H13Cl2F3N2S. The molecule has 0 saturated carbocycles. The van der Waals surface area contributed by atoms with Crippen molar-refractivity contribution >= 4 is 46.5 Å². The summed E-state index contributed by atoms with van der Waals surface area (Å²) in [7, 11) is 1.93. The maximum atomic E-state index is 12.3. The minimum absolute atomic E-state index is 0.206. The van der Waals surface area contributed by atoms with Gasteiger partial charge >= 0.3 is 6.18 Å². The molecule has 1 heterocycles. The van der Waals surface area contributed by atoms with E-state index in [1.807, 2.05) is 11.9 Å². The number of thioether (sulfide) groups is 1. The van der Waals surface area contributed by atoms with Crippen LogP contribution in [0.2, 0.25) is 10.0 Å². The number of amidine groups is 1. The third kappa shape index (κ3) is 4.69. The monoisotopic (exact) mass is 356 g/mol. The van der Waals surface area contributed by atoms with Gasteiger partial charge in [-0.05, 0) is 18.6 Å². The van der Waals surface area contributed by atoms with Crippen LogP contribution in [0.5, 0.6) is 0 Å². The molecule has 0 unspecified atom stereocenters. The van der Waals surface area contributed by atoms with Crippen molar-refractivity contribution in [2.45, 2.75) is 23.9 Å². The average molecular weight is 357 g/mol. The molecule has 0 N–H and O–H groups in total. The zero-order valence-corrected chi connectivity index (χ0v) is 13.5. The van der Waals surface area contributed by atoms with Crippen LogP contribution in [0.25, 0.3) is 0 Å². The molecule has 0 aromatic heterocycles. The summed E-state index contributed by atoms with van der Waals surface area (Å²) in [6.07, 6.45) is -2.40. The van der Waals surface area contributed by atoms with E-state index in [1.165, 1.54) is 12.1 Å². The highest BCUT2D eigenvalue weighted by atomic mass is 35.5. The summed E-state index contributed by atoms with van der Waals surface area (Å²) in [4.78, 5) is 6.78. The van der Waals surface area contributed by atoms with Gasteiger partial charge in [-0.15, -0.1) is 11.8 Å². The quantitative estimate of drug-likeness (QED) is 0.673. The summed E-state index contributed by atoms with van der Waals surface area (Å²) < 4.78 is 36.9. The molecule has 8 heteroatoms. The van der Waals surface area contributed by atoms with Crippen molar-refractivity contribution in [2.75, 3.05) is 19.3 Å². The van der Waals surface area contributed by atoms with Crippen molar-refractivity contribution in [3.8, 4) is 0 Å². The lowest BCUT2D eigenvalue weighted by Crippen LogP contribution is -2.18. The lowest BCUT2D eigenvalue weighted by molar-refractivity contribution is -0.105. The molecule has 2 nitrogen and oxygen atoms in total. The largest absolute Gasteiger partial charge is 0.398 e. The van der Waals surface area contributed by atoms with Crippen LogP contribution in [0.3, 0.4) is 0 Å². The summed E-state index contributed by atoms with van der Waals surface area (Å²) in [5, 5.41) is 0.544. The summed E-state index contributed by atoms with van der Waals surface area (Å²) in [6, 6.07) is 2.95. The predicted octanol–water partition coefficient (Wildman–Crippen LogP) is 5.40. The van der Waals surface area contributed by atoms with E-state index in [2.05, 4.69) is 4.99 Å². The molecule has 116 valence electrons. The van der Waals surface area contributed by atoms with E-state index in [-0.39, 0.29) is 5.02 Å². The maximum absolute atomic E-state index is 12.3. The van der Waals surface area contributed by atoms with Crippen molar-refractivity contribution in [1.82, 2.24) is 4.90 Å². The SMILES string of the molecule is CN1CCCC1=Nc1cc(SCC(F)(F)F)c(Cl)cc1Cl. The zero-order chi connectivity index (χ0) is 15.6. The molecule has 0 radical (unpaired) electrons. The Bertz CT molecular complexity index is 561. The van der Waals surface area contributed by atoms with Gasteiger partial charge in [0.1, 0.15) is 5.84 Å². The third-order valence-electron chi connectivity index (χ3n) is 2.98. The first-order valence-electron chi connectivity index (χ1n) is 6.23. The molecule has 1 fully saturated rings. The second-order valence-corrected chi connectivity index (χ2v) is 6.52. The van der Waals surface area contributed by atoms with Crippen LogP contribution >= 0.6 is 35.0 Å². The van der Waals surface area contributed by atoms with Gasteiger partial charge in [-0.25, -0.2) is 4.99 Å². The van der Waals surface area contributed by atoms with E-state index in [0.717, 1.165) is 25.2 Å². The van der Waals surface area contributed by atoms with Crippen LogP contribution in [0.15, 0.2) is 22.0 Å². The molecule has 0 spiro atoms. The van der Waals surface area contributed by atoms with Gasteiger partial charge in [-0.2, -0.15) is 13.2 Å². The predicted molar refractivity (Wildman–Crippen MR) is 82.2 cm³/mol. The van der Waals surface area contributed by atoms with Gasteiger partial charge in [0.2, 0.25) is 0 Å². The Morgan fingerprint density at radius 2 is 2.00 bits per heavy atom. The van der Waals surface area contributed by atoms with Gasteiger partial charge in [0.25, 0.3) is 0 Å². The number of alkyl halides is 3. The Kier molecular flexibility index (Phi) is 5.33. The fourth-order valence-corrected chi connectivity index (χ4v) is 3.25. The van der Waals surface area contributed by atoms with Crippen LogP contribution in [0.4, 0.5) is 18.9 Å². The van der Waals surface area contributed by atoms with E-state index < -0.39 is 11.9 Å². The van der Waals surface area contributed by atoms with E-state index in [9.17, 15) is 13.2 Å². The first kappa shape index (κ1) is 16.8. The summed E-state index contributed by atoms with van der Waals surface area (Å²) in [6.45, 7) is 0.916. The second-order valence-electron chi connectivity index (χ2n) is 4.69. The number of hydrogen-bond acceptors (Lipinski definition) is 2. The van der Waals surface area contributed by atoms with Gasteiger partial charge < -0.3 is 4.90 Å². The fraction of sp³-hybridized carbons (Fsp3) is 0.462. The highest BCUT2D eigenvalue weighted by Gasteiger charge is 2.28. The van der Waals surface area contributed by atoms with E-state index >= 15 is 0 Å². The van der Waals surface area contributed by atoms with E-state index in [0.29, 0.717) is 27.4 Å². The molecule has 1 aromatic carbocycles. The number of rotatable bonds is 3. The van der Waals surface area contributed by atoms with E-state index in [1.54, 1.807) is 0 Å². The summed E-state index contributed by atoms with van der Waals surface area (Å²) in [5.41, 5.74) is 0.453. The highest BCUT2D eigenvalue weighted by molar-refractivity contribution is 7.99. The van der Waals surface area contributed by atoms with Crippen LogP contribution in [0, 0.1) is 0 Å². The molecule has 0 amide bonds. The number of nitrogens with zero attached hydrogens (tertiary/aromatic N) is 2. The Hall–Kier alpha value is -0.590. The summed E-state index contributed by atoms with van der Waals surface area (Å²) in [5.74, 6) is -0.115. The third-order valence-corrected chi connectivity index (χ3v) is 4.82. The fourth-order valence-electron chi connectivity index (χ4n) is 1.95. The highest BCUT2D eigenvalue weighted by Crippen LogP contribution is 2.38. The minimum atomic E-state index is -4.24. The molecule has 0 aliphatic carbocycles. The van der Waals surface area contributed by atoms with Gasteiger partial charge in [0, 0.05) is 24.9 Å². The molecule has 0 atom stereocenters. The molecule has 21 heavy (non-hydrogen) atoms. The maximum Gasteiger partial charge on any atom is 0.398 e. The normalized spacial score (nSPS) is 17.8. The van der Waals surface area contributed by atoms with Crippen molar-refractivity contribution < 1.29 is 13.2 Å². The van der Waals surface area contributed by atoms with Crippen LogP contribution in [0.1, 0.15) is 12.8 Å². The average Bonchev–Trinajstić information content (AvgIpc) is 2.76. The van der Waals surface area contributed by atoms with Crippen LogP contribution in [-0.4, -0.2) is 36.3 Å². The summed E-state index contributed by atoms with van der Waals surface area (Å²) >= 11 is 12.7. The number of likely N-dealkylation sites (tertiary alicyclic amines) is 1. The number of halogens is 5. The molecule has 1 saturated heterocycles. The molecular weight excluding hydrogens is 344 g/mol. The topological polar surface area (TPSA) is 15.6 Å². The Balaban J connectivity index is 2.26. The molecule has 1 aliphatic rings. The molecule has 2 rings (SSSR count). The van der Waals surface area contributed by atoms with E-state index in [4.69, 9.17) is 23.2 Å². The second kappa shape index (κ2) is 6.67. The van der Waals surface area contributed by atoms with Gasteiger partial charge in [-0.3, -0.25) is 0 Å².